The first-order valence-electron chi connectivity index (χ1n) is 12.3. The molecule has 4 aromatic rings. The molecule has 1 aliphatic rings. The molecule has 2 atom stereocenters. The Bertz CT molecular complexity index is 1410. The maximum Gasteiger partial charge on any atom is 0.339 e. The molecule has 0 aliphatic heterocycles. The van der Waals surface area contributed by atoms with E-state index in [9.17, 15) is 9.90 Å². The van der Waals surface area contributed by atoms with Crippen LogP contribution in [0.25, 0.3) is 11.0 Å². The molecule has 0 amide bonds. The Morgan fingerprint density at radius 1 is 0.972 bits per heavy atom. The monoisotopic (exact) mass is 504 g/mol. The minimum Gasteiger partial charge on any atom is -0.489 e. The number of halogens is 1. The van der Waals surface area contributed by atoms with Crippen LogP contribution >= 0.6 is 11.6 Å². The molecule has 0 spiro atoms. The van der Waals surface area contributed by atoms with Gasteiger partial charge in [-0.05, 0) is 60.9 Å². The highest BCUT2D eigenvalue weighted by Crippen LogP contribution is 2.34. The molecule has 1 aliphatic carbocycles. The van der Waals surface area contributed by atoms with Crippen LogP contribution < -0.4 is 10.4 Å². The van der Waals surface area contributed by atoms with Gasteiger partial charge in [-0.15, -0.1) is 0 Å². The first-order valence-corrected chi connectivity index (χ1v) is 12.7. The molecule has 36 heavy (non-hydrogen) atoms. The van der Waals surface area contributed by atoms with Gasteiger partial charge in [0.2, 0.25) is 0 Å². The van der Waals surface area contributed by atoms with E-state index in [0.717, 1.165) is 58.9 Å². The zero-order valence-electron chi connectivity index (χ0n) is 20.2. The summed E-state index contributed by atoms with van der Waals surface area (Å²) in [5.41, 5.74) is 5.12. The lowest BCUT2D eigenvalue weighted by molar-refractivity contribution is -0.0124. The molecule has 1 N–H and O–H groups in total. The summed E-state index contributed by atoms with van der Waals surface area (Å²) in [7, 11) is 0. The van der Waals surface area contributed by atoms with Gasteiger partial charge in [-0.1, -0.05) is 66.2 Å². The third-order valence-electron chi connectivity index (χ3n) is 6.74. The van der Waals surface area contributed by atoms with E-state index < -0.39 is 6.10 Å². The van der Waals surface area contributed by atoms with Crippen LogP contribution in [0.4, 0.5) is 0 Å². The third-order valence-corrected chi connectivity index (χ3v) is 7.03. The smallest absolute Gasteiger partial charge is 0.339 e. The number of rotatable bonds is 8. The summed E-state index contributed by atoms with van der Waals surface area (Å²) in [5, 5.41) is 11.9. The van der Waals surface area contributed by atoms with Gasteiger partial charge < -0.3 is 19.0 Å². The molecular formula is C30H29ClO5. The Morgan fingerprint density at radius 3 is 2.47 bits per heavy atom. The van der Waals surface area contributed by atoms with Crippen LogP contribution in [-0.2, 0) is 17.6 Å². The summed E-state index contributed by atoms with van der Waals surface area (Å²) < 4.78 is 17.6. The molecular weight excluding hydrogens is 476 g/mol. The SMILES string of the molecule is Cc1ccccc1C(OCC(O)COc1cc2oc(=O)c3c(c2cc1Cl)CCCC3)c1ccccc1. The van der Waals surface area contributed by atoms with Crippen LogP contribution in [0.3, 0.4) is 0 Å². The molecule has 186 valence electrons. The van der Waals surface area contributed by atoms with Crippen molar-refractivity contribution in [3.05, 3.63) is 110 Å². The molecule has 1 heterocycles. The van der Waals surface area contributed by atoms with Crippen molar-refractivity contribution in [1.82, 2.24) is 0 Å². The van der Waals surface area contributed by atoms with E-state index in [4.69, 9.17) is 25.5 Å². The highest BCUT2D eigenvalue weighted by Gasteiger charge is 2.21. The van der Waals surface area contributed by atoms with Gasteiger partial charge in [0.1, 0.15) is 30.1 Å². The van der Waals surface area contributed by atoms with Crippen LogP contribution in [0.5, 0.6) is 5.75 Å². The van der Waals surface area contributed by atoms with Crippen molar-refractivity contribution < 1.29 is 19.0 Å². The standard InChI is InChI=1S/C30H29ClO5/c1-19-9-5-6-12-22(19)29(20-10-3-2-4-11-20)35-18-21(32)17-34-28-16-27-25(15-26(28)31)23-13-7-8-14-24(23)30(33)36-27/h2-6,9-12,15-16,21,29,32H,7-8,13-14,17-18H2,1H3. The lowest BCUT2D eigenvalue weighted by Crippen LogP contribution is -2.25. The summed E-state index contributed by atoms with van der Waals surface area (Å²) in [6.07, 6.45) is 2.41. The summed E-state index contributed by atoms with van der Waals surface area (Å²) in [5.74, 6) is 0.362. The number of aliphatic hydroxyl groups excluding tert-OH is 1. The molecule has 6 heteroatoms. The van der Waals surface area contributed by atoms with Gasteiger partial charge in [0, 0.05) is 17.0 Å². The van der Waals surface area contributed by atoms with Crippen LogP contribution in [0.2, 0.25) is 5.02 Å². The lowest BCUT2D eigenvalue weighted by Gasteiger charge is -2.23. The van der Waals surface area contributed by atoms with Crippen molar-refractivity contribution in [2.24, 2.45) is 0 Å². The summed E-state index contributed by atoms with van der Waals surface area (Å²) in [6, 6.07) is 21.4. The van der Waals surface area contributed by atoms with Crippen LogP contribution in [0.1, 0.15) is 46.8 Å². The molecule has 1 aromatic heterocycles. The number of hydrogen-bond acceptors (Lipinski definition) is 5. The van der Waals surface area contributed by atoms with Gasteiger partial charge in [0.25, 0.3) is 0 Å². The largest absolute Gasteiger partial charge is 0.489 e. The Morgan fingerprint density at radius 2 is 1.69 bits per heavy atom. The van der Waals surface area contributed by atoms with Gasteiger partial charge in [-0.2, -0.15) is 0 Å². The zero-order chi connectivity index (χ0) is 25.1. The maximum absolute atomic E-state index is 12.4. The van der Waals surface area contributed by atoms with E-state index in [1.54, 1.807) is 12.1 Å². The van der Waals surface area contributed by atoms with Crippen LogP contribution in [-0.4, -0.2) is 24.4 Å². The van der Waals surface area contributed by atoms with Gasteiger partial charge in [0.05, 0.1) is 11.6 Å². The van der Waals surface area contributed by atoms with E-state index in [2.05, 4.69) is 0 Å². The quantitative estimate of drug-likeness (QED) is 0.290. The minimum absolute atomic E-state index is 0.0182. The fraction of sp³-hybridized carbons (Fsp3) is 0.300. The van der Waals surface area contributed by atoms with Crippen molar-refractivity contribution in [2.45, 2.75) is 44.8 Å². The highest BCUT2D eigenvalue weighted by molar-refractivity contribution is 6.32. The predicted molar refractivity (Wildman–Crippen MR) is 141 cm³/mol. The molecule has 2 unspecified atom stereocenters. The molecule has 5 nitrogen and oxygen atoms in total. The fourth-order valence-corrected chi connectivity index (χ4v) is 5.09. The van der Waals surface area contributed by atoms with Crippen molar-refractivity contribution in [2.75, 3.05) is 13.2 Å². The van der Waals surface area contributed by atoms with E-state index in [-0.39, 0.29) is 24.9 Å². The van der Waals surface area contributed by atoms with Gasteiger partial charge in [-0.25, -0.2) is 4.79 Å². The average molecular weight is 505 g/mol. The predicted octanol–water partition coefficient (Wildman–Crippen LogP) is 6.18. The van der Waals surface area contributed by atoms with E-state index in [0.29, 0.717) is 16.4 Å². The first kappa shape index (κ1) is 24.6. The van der Waals surface area contributed by atoms with Crippen LogP contribution in [0, 0.1) is 6.92 Å². The number of hydrogen-bond donors (Lipinski definition) is 1. The molecule has 0 bridgehead atoms. The Balaban J connectivity index is 1.29. The Labute approximate surface area is 215 Å². The second-order valence-electron chi connectivity index (χ2n) is 9.28. The second kappa shape index (κ2) is 10.9. The Kier molecular flexibility index (Phi) is 7.42. The summed E-state index contributed by atoms with van der Waals surface area (Å²) >= 11 is 6.52. The van der Waals surface area contributed by atoms with Gasteiger partial charge in [-0.3, -0.25) is 0 Å². The normalized spacial score (nSPS) is 14.9. The molecule has 0 radical (unpaired) electrons. The molecule has 0 saturated heterocycles. The topological polar surface area (TPSA) is 68.9 Å². The highest BCUT2D eigenvalue weighted by atomic mass is 35.5. The number of fused-ring (bicyclic) bond motifs is 3. The molecule has 0 saturated carbocycles. The van der Waals surface area contributed by atoms with E-state index >= 15 is 0 Å². The summed E-state index contributed by atoms with van der Waals surface area (Å²) in [6.45, 7) is 2.10. The van der Waals surface area contributed by atoms with E-state index in [1.165, 1.54) is 0 Å². The average Bonchev–Trinajstić information content (AvgIpc) is 2.90. The third kappa shape index (κ3) is 5.19. The van der Waals surface area contributed by atoms with Crippen molar-refractivity contribution in [3.8, 4) is 5.75 Å². The van der Waals surface area contributed by atoms with Gasteiger partial charge >= 0.3 is 5.63 Å². The maximum atomic E-state index is 12.4. The fourth-order valence-electron chi connectivity index (χ4n) is 4.87. The Hall–Kier alpha value is -3.12. The number of benzene rings is 3. The molecule has 5 rings (SSSR count). The molecule has 3 aromatic carbocycles. The zero-order valence-corrected chi connectivity index (χ0v) is 21.0. The number of ether oxygens (including phenoxy) is 2. The molecule has 0 fully saturated rings. The van der Waals surface area contributed by atoms with Crippen molar-refractivity contribution in [3.63, 3.8) is 0 Å². The van der Waals surface area contributed by atoms with Gasteiger partial charge in [0.15, 0.2) is 0 Å². The van der Waals surface area contributed by atoms with Crippen LogP contribution in [0.15, 0.2) is 75.9 Å². The first-order chi connectivity index (χ1) is 17.5. The van der Waals surface area contributed by atoms with E-state index in [1.807, 2.05) is 61.5 Å². The van der Waals surface area contributed by atoms with Crippen molar-refractivity contribution >= 4 is 22.6 Å². The minimum atomic E-state index is -0.887. The number of aliphatic hydroxyl groups is 1. The second-order valence-corrected chi connectivity index (χ2v) is 9.69. The number of aryl methyl sites for hydroxylation is 2. The summed E-state index contributed by atoms with van der Waals surface area (Å²) in [4.78, 5) is 12.4. The van der Waals surface area contributed by atoms with Crippen molar-refractivity contribution in [1.29, 1.82) is 0 Å². The lowest BCUT2D eigenvalue weighted by atomic mass is 9.91.